The molecule has 0 aromatic heterocycles. The molecule has 0 bridgehead atoms. The van der Waals surface area contributed by atoms with Crippen molar-refractivity contribution in [2.75, 3.05) is 37.5 Å². The van der Waals surface area contributed by atoms with Crippen LogP contribution in [0.5, 0.6) is 5.75 Å². The molecular weight excluding hydrogens is 358 g/mol. The number of carbonyl (C=O) groups is 1. The first kappa shape index (κ1) is 17.1. The second-order valence-electron chi connectivity index (χ2n) is 5.13. The fourth-order valence-electron chi connectivity index (χ4n) is 1.91. The standard InChI is InChI=1S/C17H20BrN3O2/c1-21(2)15-8-6-14(7-9-15)20-17(22)19-10-11-23-16-5-3-4-13(18)12-16/h3-9,12H,10-11H2,1-2H3,(H2,19,20,22). The third-order valence-electron chi connectivity index (χ3n) is 3.09. The highest BCUT2D eigenvalue weighted by atomic mass is 79.9. The lowest BCUT2D eigenvalue weighted by molar-refractivity contribution is 0.247. The minimum absolute atomic E-state index is 0.250. The molecule has 2 aromatic rings. The van der Waals surface area contributed by atoms with Crippen LogP contribution in [0.25, 0.3) is 0 Å². The highest BCUT2D eigenvalue weighted by Crippen LogP contribution is 2.17. The Bertz CT molecular complexity index is 645. The molecule has 0 radical (unpaired) electrons. The van der Waals surface area contributed by atoms with E-state index in [1.54, 1.807) is 0 Å². The Morgan fingerprint density at radius 1 is 1.17 bits per heavy atom. The van der Waals surface area contributed by atoms with Gasteiger partial charge in [0.1, 0.15) is 12.4 Å². The van der Waals surface area contributed by atoms with Gasteiger partial charge in [-0.15, -0.1) is 0 Å². The van der Waals surface area contributed by atoms with E-state index >= 15 is 0 Å². The van der Waals surface area contributed by atoms with E-state index in [-0.39, 0.29) is 6.03 Å². The van der Waals surface area contributed by atoms with Gasteiger partial charge in [-0.1, -0.05) is 22.0 Å². The number of hydrogen-bond acceptors (Lipinski definition) is 3. The van der Waals surface area contributed by atoms with Crippen molar-refractivity contribution in [3.05, 3.63) is 53.0 Å². The van der Waals surface area contributed by atoms with Crippen molar-refractivity contribution < 1.29 is 9.53 Å². The molecule has 0 unspecified atom stereocenters. The summed E-state index contributed by atoms with van der Waals surface area (Å²) in [6.07, 6.45) is 0. The van der Waals surface area contributed by atoms with Gasteiger partial charge in [0.25, 0.3) is 0 Å². The van der Waals surface area contributed by atoms with E-state index in [2.05, 4.69) is 26.6 Å². The fourth-order valence-corrected chi connectivity index (χ4v) is 2.29. The largest absolute Gasteiger partial charge is 0.492 e. The molecule has 2 amide bonds. The molecular formula is C17H20BrN3O2. The van der Waals surface area contributed by atoms with E-state index < -0.39 is 0 Å². The maximum Gasteiger partial charge on any atom is 0.319 e. The molecule has 0 atom stereocenters. The molecule has 23 heavy (non-hydrogen) atoms. The zero-order valence-electron chi connectivity index (χ0n) is 13.2. The van der Waals surface area contributed by atoms with Gasteiger partial charge in [0.15, 0.2) is 0 Å². The normalized spacial score (nSPS) is 10.0. The minimum Gasteiger partial charge on any atom is -0.492 e. The molecule has 0 aliphatic rings. The van der Waals surface area contributed by atoms with Crippen molar-refractivity contribution in [2.45, 2.75) is 0 Å². The van der Waals surface area contributed by atoms with Crippen LogP contribution in [0.15, 0.2) is 53.0 Å². The molecule has 0 aliphatic carbocycles. The van der Waals surface area contributed by atoms with Crippen LogP contribution in [0.3, 0.4) is 0 Å². The average molecular weight is 378 g/mol. The van der Waals surface area contributed by atoms with Crippen LogP contribution in [0.1, 0.15) is 0 Å². The molecule has 0 saturated heterocycles. The Morgan fingerprint density at radius 2 is 1.91 bits per heavy atom. The van der Waals surface area contributed by atoms with E-state index in [9.17, 15) is 4.79 Å². The number of amides is 2. The van der Waals surface area contributed by atoms with E-state index in [4.69, 9.17) is 4.74 Å². The molecule has 0 spiro atoms. The van der Waals surface area contributed by atoms with Gasteiger partial charge < -0.3 is 20.3 Å². The minimum atomic E-state index is -0.250. The summed E-state index contributed by atoms with van der Waals surface area (Å²) in [6.45, 7) is 0.831. The summed E-state index contributed by atoms with van der Waals surface area (Å²) in [7, 11) is 3.95. The SMILES string of the molecule is CN(C)c1ccc(NC(=O)NCCOc2cccc(Br)c2)cc1. The number of benzene rings is 2. The molecule has 2 rings (SSSR count). The first-order valence-electron chi connectivity index (χ1n) is 7.25. The molecule has 0 fully saturated rings. The van der Waals surface area contributed by atoms with Gasteiger partial charge in [-0.2, -0.15) is 0 Å². The predicted octanol–water partition coefficient (Wildman–Crippen LogP) is 3.72. The van der Waals surface area contributed by atoms with Crippen LogP contribution in [0.4, 0.5) is 16.2 Å². The lowest BCUT2D eigenvalue weighted by Crippen LogP contribution is -2.32. The third kappa shape index (κ3) is 5.83. The molecule has 5 nitrogen and oxygen atoms in total. The highest BCUT2D eigenvalue weighted by molar-refractivity contribution is 9.10. The van der Waals surface area contributed by atoms with E-state index in [1.165, 1.54) is 0 Å². The topological polar surface area (TPSA) is 53.6 Å². The summed E-state index contributed by atoms with van der Waals surface area (Å²) in [4.78, 5) is 13.8. The maximum absolute atomic E-state index is 11.8. The number of halogens is 1. The Kier molecular flexibility index (Phi) is 6.29. The van der Waals surface area contributed by atoms with Crippen molar-refractivity contribution >= 4 is 33.3 Å². The zero-order valence-corrected chi connectivity index (χ0v) is 14.8. The van der Waals surface area contributed by atoms with E-state index in [0.29, 0.717) is 13.2 Å². The third-order valence-corrected chi connectivity index (χ3v) is 3.59. The average Bonchev–Trinajstić information content (AvgIpc) is 2.52. The zero-order chi connectivity index (χ0) is 16.7. The molecule has 6 heteroatoms. The van der Waals surface area contributed by atoms with Gasteiger partial charge in [-0.05, 0) is 42.5 Å². The number of anilines is 2. The quantitative estimate of drug-likeness (QED) is 0.754. The molecule has 2 N–H and O–H groups in total. The summed E-state index contributed by atoms with van der Waals surface area (Å²) in [6, 6.07) is 15.0. The predicted molar refractivity (Wildman–Crippen MR) is 97.4 cm³/mol. The van der Waals surface area contributed by atoms with E-state index in [0.717, 1.165) is 21.6 Å². The summed E-state index contributed by atoms with van der Waals surface area (Å²) in [5.41, 5.74) is 1.83. The second kappa shape index (κ2) is 8.43. The summed E-state index contributed by atoms with van der Waals surface area (Å²) < 4.78 is 6.51. The van der Waals surface area contributed by atoms with Crippen molar-refractivity contribution in [1.82, 2.24) is 5.32 Å². The first-order valence-corrected chi connectivity index (χ1v) is 8.04. The number of urea groups is 1. The number of carbonyl (C=O) groups excluding carboxylic acids is 1. The summed E-state index contributed by atoms with van der Waals surface area (Å²) >= 11 is 3.38. The molecule has 0 aliphatic heterocycles. The van der Waals surface area contributed by atoms with Crippen LogP contribution in [-0.4, -0.2) is 33.3 Å². The van der Waals surface area contributed by atoms with Crippen molar-refractivity contribution in [2.24, 2.45) is 0 Å². The van der Waals surface area contributed by atoms with E-state index in [1.807, 2.05) is 67.5 Å². The van der Waals surface area contributed by atoms with Gasteiger partial charge in [-0.3, -0.25) is 0 Å². The van der Waals surface area contributed by atoms with Crippen LogP contribution < -0.4 is 20.3 Å². The molecule has 0 saturated carbocycles. The number of ether oxygens (including phenoxy) is 1. The molecule has 2 aromatic carbocycles. The van der Waals surface area contributed by atoms with Gasteiger partial charge in [-0.25, -0.2) is 4.79 Å². The summed E-state index contributed by atoms with van der Waals surface area (Å²) in [5.74, 6) is 0.765. The van der Waals surface area contributed by atoms with Gasteiger partial charge in [0.05, 0.1) is 6.54 Å². The van der Waals surface area contributed by atoms with Gasteiger partial charge >= 0.3 is 6.03 Å². The first-order chi connectivity index (χ1) is 11.0. The van der Waals surface area contributed by atoms with Crippen molar-refractivity contribution in [3.63, 3.8) is 0 Å². The van der Waals surface area contributed by atoms with Crippen molar-refractivity contribution in [1.29, 1.82) is 0 Å². The number of nitrogens with one attached hydrogen (secondary N) is 2. The lowest BCUT2D eigenvalue weighted by Gasteiger charge is -2.13. The fraction of sp³-hybridized carbons (Fsp3) is 0.235. The second-order valence-corrected chi connectivity index (χ2v) is 6.04. The van der Waals surface area contributed by atoms with Crippen LogP contribution in [-0.2, 0) is 0 Å². The lowest BCUT2D eigenvalue weighted by atomic mass is 10.2. The maximum atomic E-state index is 11.8. The Labute approximate surface area is 144 Å². The molecule has 0 heterocycles. The van der Waals surface area contributed by atoms with Gasteiger partial charge in [0, 0.05) is 29.9 Å². The van der Waals surface area contributed by atoms with Crippen LogP contribution >= 0.6 is 15.9 Å². The number of nitrogens with zero attached hydrogens (tertiary/aromatic N) is 1. The number of hydrogen-bond donors (Lipinski definition) is 2. The van der Waals surface area contributed by atoms with Gasteiger partial charge in [0.2, 0.25) is 0 Å². The summed E-state index contributed by atoms with van der Waals surface area (Å²) in [5, 5.41) is 5.54. The smallest absolute Gasteiger partial charge is 0.319 e. The number of rotatable bonds is 6. The van der Waals surface area contributed by atoms with Crippen LogP contribution in [0.2, 0.25) is 0 Å². The van der Waals surface area contributed by atoms with Crippen LogP contribution in [0, 0.1) is 0 Å². The Morgan fingerprint density at radius 3 is 2.57 bits per heavy atom. The monoisotopic (exact) mass is 377 g/mol. The Hall–Kier alpha value is -2.21. The highest BCUT2D eigenvalue weighted by Gasteiger charge is 2.02. The van der Waals surface area contributed by atoms with Crippen molar-refractivity contribution in [3.8, 4) is 5.75 Å². The Balaban J connectivity index is 1.70. The molecule has 122 valence electrons.